The van der Waals surface area contributed by atoms with Gasteiger partial charge in [-0.15, -0.1) is 0 Å². The molecule has 9 aromatic heterocycles. The molecule has 32 heteroatoms. The van der Waals surface area contributed by atoms with E-state index in [4.69, 9.17) is 24.2 Å². The van der Waals surface area contributed by atoms with E-state index in [0.717, 1.165) is 27.3 Å². The summed E-state index contributed by atoms with van der Waals surface area (Å²) >= 11 is 0. The Kier molecular flexibility index (Phi) is 19.2. The number of H-pyrrole nitrogens is 3. The first-order valence-electron chi connectivity index (χ1n) is 27.6. The van der Waals surface area contributed by atoms with E-state index in [1.165, 1.54) is 26.4 Å². The molecule has 0 radical (unpaired) electrons. The zero-order chi connectivity index (χ0) is 64.4. The molecule has 0 atom stereocenters. The number of nitrogens with one attached hydrogen (secondary N) is 9. The highest BCUT2D eigenvalue weighted by Crippen LogP contribution is 2.38. The predicted molar refractivity (Wildman–Crippen MR) is 336 cm³/mol. The largest absolute Gasteiger partial charge is 0.493 e. The fourth-order valence-corrected chi connectivity index (χ4v) is 9.33. The minimum Gasteiger partial charge on any atom is -0.493 e. The highest BCUT2D eigenvalue weighted by molar-refractivity contribution is 5.99. The van der Waals surface area contributed by atoms with Crippen molar-refractivity contribution in [1.29, 1.82) is 0 Å². The minimum atomic E-state index is -4.49. The third-order valence-electron chi connectivity index (χ3n) is 13.9. The molecule has 90 heavy (non-hydrogen) atoms. The number of rotatable bonds is 18. The van der Waals surface area contributed by atoms with Gasteiger partial charge in [0.25, 0.3) is 0 Å². The van der Waals surface area contributed by atoms with Crippen LogP contribution in [0.5, 0.6) is 11.5 Å². The first kappa shape index (κ1) is 64.1. The number of nitrogens with zero attached hydrogens (tertiary/aromatic N) is 10. The number of pyridine rings is 3. The SMILES string of the molecule is CC(C)(Nc1ncnc(-c2c[nH]c3ncccc23)n1)C(=O)NCC(F)(F)F.COc1cc2nc(-c3c[nH]c4ncccc34)nc(NC(C)(C)C(=O)NCCF)c2cc1OC.O=C(NCC(F)(F)F)C1(Nc2ccnc(-c3c[nH]c4ncccc34)n2)CCOCC1.[HH].[HH].[HH].[HH].[HH].[HH].[HH].[HH]. The van der Waals surface area contributed by atoms with Gasteiger partial charge in [-0.25, -0.2) is 49.2 Å². The Morgan fingerprint density at radius 1 is 0.600 bits per heavy atom. The van der Waals surface area contributed by atoms with Gasteiger partial charge in [0.1, 0.15) is 71.3 Å². The molecule has 1 aliphatic rings. The van der Waals surface area contributed by atoms with Crippen molar-refractivity contribution < 1.29 is 70.7 Å². The molecule has 0 bridgehead atoms. The Morgan fingerprint density at radius 3 is 1.68 bits per heavy atom. The predicted octanol–water partition coefficient (Wildman–Crippen LogP) is 10.4. The molecule has 1 aromatic carbocycles. The summed E-state index contributed by atoms with van der Waals surface area (Å²) in [6, 6.07) is 16.1. The Morgan fingerprint density at radius 2 is 1.12 bits per heavy atom. The van der Waals surface area contributed by atoms with Crippen LogP contribution in [0.25, 0.3) is 78.2 Å². The number of amides is 3. The van der Waals surface area contributed by atoms with Crippen molar-refractivity contribution >= 4 is 79.3 Å². The van der Waals surface area contributed by atoms with E-state index in [2.05, 4.69) is 76.1 Å². The van der Waals surface area contributed by atoms with E-state index in [1.54, 1.807) is 95.6 Å². The summed E-state index contributed by atoms with van der Waals surface area (Å²) in [5.41, 5.74) is 1.12. The maximum Gasteiger partial charge on any atom is 0.405 e. The van der Waals surface area contributed by atoms with Gasteiger partial charge in [0.05, 0.1) is 19.7 Å². The molecule has 0 aliphatic carbocycles. The number of hydrogen-bond acceptors (Lipinski definition) is 19. The van der Waals surface area contributed by atoms with Crippen LogP contribution in [0, 0.1) is 0 Å². The van der Waals surface area contributed by atoms with E-state index < -0.39 is 60.5 Å². The number of aromatic amines is 3. The maximum atomic E-state index is 12.7. The molecule has 0 unspecified atom stereocenters. The highest BCUT2D eigenvalue weighted by Gasteiger charge is 2.42. The zero-order valence-electron chi connectivity index (χ0n) is 49.0. The molecule has 488 valence electrons. The van der Waals surface area contributed by atoms with Crippen LogP contribution in [0.1, 0.15) is 51.9 Å². The normalized spacial score (nSPS) is 13.3. The van der Waals surface area contributed by atoms with Crippen LogP contribution in [0.2, 0.25) is 0 Å². The number of halogens is 7. The van der Waals surface area contributed by atoms with E-state index in [9.17, 15) is 45.1 Å². The van der Waals surface area contributed by atoms with Crippen molar-refractivity contribution in [2.75, 3.05) is 69.7 Å². The van der Waals surface area contributed by atoms with E-state index in [0.29, 0.717) is 74.0 Å². The number of methoxy groups -OCH3 is 2. The highest BCUT2D eigenvalue weighted by atomic mass is 19.4. The molecule has 1 saturated heterocycles. The number of aromatic nitrogens is 13. The van der Waals surface area contributed by atoms with E-state index >= 15 is 0 Å². The van der Waals surface area contributed by atoms with Crippen molar-refractivity contribution in [2.45, 2.75) is 69.5 Å². The van der Waals surface area contributed by atoms with Gasteiger partial charge in [0.15, 0.2) is 29.0 Å². The van der Waals surface area contributed by atoms with Crippen LogP contribution in [-0.2, 0) is 19.1 Å². The molecule has 11 rings (SSSR count). The third-order valence-corrected chi connectivity index (χ3v) is 13.9. The lowest BCUT2D eigenvalue weighted by Crippen LogP contribution is -2.57. The quantitative estimate of drug-likeness (QED) is 0.0361. The van der Waals surface area contributed by atoms with Crippen LogP contribution in [0.3, 0.4) is 0 Å². The molecule has 0 saturated carbocycles. The molecule has 25 nitrogen and oxygen atoms in total. The summed E-state index contributed by atoms with van der Waals surface area (Å²) < 4.78 is 103. The van der Waals surface area contributed by atoms with Crippen LogP contribution < -0.4 is 41.4 Å². The summed E-state index contributed by atoms with van der Waals surface area (Å²) in [6.07, 6.45) is 4.46. The van der Waals surface area contributed by atoms with Gasteiger partial charge >= 0.3 is 12.4 Å². The average Bonchev–Trinajstić information content (AvgIpc) is 1.19. The number of hydrogen-bond donors (Lipinski definition) is 9. The van der Waals surface area contributed by atoms with Gasteiger partial charge in [-0.2, -0.15) is 31.3 Å². The number of carbonyl (C=O) groups excluding carboxylic acids is 3. The fraction of sp³-hybridized carbons (Fsp3) is 0.328. The lowest BCUT2D eigenvalue weighted by molar-refractivity contribution is -0.142. The van der Waals surface area contributed by atoms with E-state index in [-0.39, 0.29) is 55.9 Å². The topological polar surface area (TPSA) is 327 Å². The average molecular weight is 1270 g/mol. The van der Waals surface area contributed by atoms with Crippen molar-refractivity contribution in [3.05, 3.63) is 104 Å². The second kappa shape index (κ2) is 26.9. The Hall–Kier alpha value is -10.4. The standard InChI is InChI=1S/C23H25FN6O3.C19H19F3N6O2.C16H16F3N7O.8H2/c1-23(2,22(31)26-9-7-24)30-21-14-10-17(32-3)18(33-4)11-16(14)28-20(29-21)15-12-27-19-13(15)6-5-8-25-19;20-19(21,22)11-26-17(29)18(4-8-30-9-5-18)28-14-3-7-24-16(27-14)13-10-25-15-12(13)2-1-6-23-15;1-15(2,13(27)22-7-16(17,18)19)26-14-24-8-23-12(25-14)10-6-21-11-9(10)4-3-5-20-11;;;;;;;;/h5-6,8,10-12H,7,9H2,1-4H3,(H,25,27)(H,26,31)(H,28,29,30);1-3,6-7,10H,4-5,8-9,11H2,(H,23,25)(H,26,29)(H,24,27,28);3-6,8H,7H2,1-2H3,(H,20,21)(H,22,27)(H,23,24,25,26);8*1H. The molecular weight excluding hydrogens is 1190 g/mol. The van der Waals surface area contributed by atoms with Crippen LogP contribution >= 0.6 is 0 Å². The van der Waals surface area contributed by atoms with Gasteiger partial charge in [0.2, 0.25) is 23.7 Å². The second-order valence-corrected chi connectivity index (χ2v) is 21.2. The Bertz CT molecular complexity index is 4210. The van der Waals surface area contributed by atoms with Crippen molar-refractivity contribution in [1.82, 2.24) is 80.7 Å². The van der Waals surface area contributed by atoms with Crippen LogP contribution in [0.15, 0.2) is 104 Å². The fourth-order valence-electron chi connectivity index (χ4n) is 9.33. The lowest BCUT2D eigenvalue weighted by atomic mass is 9.88. The summed E-state index contributed by atoms with van der Waals surface area (Å²) in [5, 5.41) is 18.5. The minimum absolute atomic E-state index is 0. The number of anilines is 3. The van der Waals surface area contributed by atoms with Crippen LogP contribution in [0.4, 0.5) is 48.3 Å². The summed E-state index contributed by atoms with van der Waals surface area (Å²) in [7, 11) is 3.09. The molecule has 1 fully saturated rings. The molecule has 10 aromatic rings. The molecule has 3 amide bonds. The third kappa shape index (κ3) is 15.3. The number of carbonyl (C=O) groups is 3. The summed E-state index contributed by atoms with van der Waals surface area (Å²) in [5.74, 6) is 1.08. The maximum absolute atomic E-state index is 12.7. The molecule has 0 spiro atoms. The smallest absolute Gasteiger partial charge is 0.405 e. The number of alkyl halides is 7. The molecule has 10 heterocycles. The zero-order valence-corrected chi connectivity index (χ0v) is 49.0. The number of ether oxygens (including phenoxy) is 3. The van der Waals surface area contributed by atoms with Gasteiger partial charge in [0, 0.05) is 132 Å². The van der Waals surface area contributed by atoms with Crippen LogP contribution in [-0.4, -0.2) is 165 Å². The molecule has 1 aliphatic heterocycles. The summed E-state index contributed by atoms with van der Waals surface area (Å²) in [6.45, 7) is 3.23. The molecule has 9 N–H and O–H groups in total. The van der Waals surface area contributed by atoms with Gasteiger partial charge < -0.3 is 61.1 Å². The first-order valence-corrected chi connectivity index (χ1v) is 27.6. The lowest BCUT2D eigenvalue weighted by Gasteiger charge is -2.37. The van der Waals surface area contributed by atoms with E-state index in [1.807, 2.05) is 34.9 Å². The van der Waals surface area contributed by atoms with Gasteiger partial charge in [-0.05, 0) is 76.2 Å². The number of benzene rings is 1. The first-order chi connectivity index (χ1) is 42.9. The second-order valence-electron chi connectivity index (χ2n) is 21.2. The monoisotopic (exact) mass is 1270 g/mol. The Balaban J connectivity index is 0.000000709. The van der Waals surface area contributed by atoms with Gasteiger partial charge in [-0.3, -0.25) is 14.4 Å². The number of fused-ring (bicyclic) bond motifs is 4. The van der Waals surface area contributed by atoms with Crippen molar-refractivity contribution in [2.24, 2.45) is 0 Å². The summed E-state index contributed by atoms with van der Waals surface area (Å²) in [4.78, 5) is 89.9. The van der Waals surface area contributed by atoms with Crippen molar-refractivity contribution in [3.63, 3.8) is 0 Å². The van der Waals surface area contributed by atoms with Gasteiger partial charge in [-0.1, -0.05) is 0 Å². The Labute approximate surface area is 518 Å². The van der Waals surface area contributed by atoms with Crippen molar-refractivity contribution in [3.8, 4) is 45.7 Å². The molecular formula is C58H76F7N19O6.